The Labute approximate surface area is 73.6 Å². The Bertz CT molecular complexity index is 183. The summed E-state index contributed by atoms with van der Waals surface area (Å²) in [5, 5.41) is 1.51. The molecule has 0 unspecified atom stereocenters. The van der Waals surface area contributed by atoms with E-state index in [4.69, 9.17) is 4.84 Å². The zero-order valence-electron chi connectivity index (χ0n) is 8.26. The summed E-state index contributed by atoms with van der Waals surface area (Å²) in [6.07, 6.45) is 0.946. The first-order valence-electron chi connectivity index (χ1n) is 4.39. The van der Waals surface area contributed by atoms with Crippen LogP contribution in [0.2, 0.25) is 0 Å². The van der Waals surface area contributed by atoms with Crippen LogP contribution in [-0.2, 0) is 9.63 Å². The summed E-state index contributed by atoms with van der Waals surface area (Å²) >= 11 is 0. The molecule has 0 spiro atoms. The lowest BCUT2D eigenvalue weighted by atomic mass is 9.95. The van der Waals surface area contributed by atoms with Crippen molar-refractivity contribution in [3.05, 3.63) is 0 Å². The van der Waals surface area contributed by atoms with Gasteiger partial charge in [-0.1, -0.05) is 20.8 Å². The van der Waals surface area contributed by atoms with E-state index in [-0.39, 0.29) is 17.4 Å². The first-order valence-corrected chi connectivity index (χ1v) is 4.39. The largest absolute Gasteiger partial charge is 0.272 e. The van der Waals surface area contributed by atoms with Crippen molar-refractivity contribution in [2.45, 2.75) is 40.2 Å². The summed E-state index contributed by atoms with van der Waals surface area (Å²) in [5.41, 5.74) is -0.335. The van der Waals surface area contributed by atoms with Crippen molar-refractivity contribution in [2.24, 2.45) is 5.41 Å². The zero-order chi connectivity index (χ0) is 9.35. The van der Waals surface area contributed by atoms with Gasteiger partial charge in [0.1, 0.15) is 0 Å². The van der Waals surface area contributed by atoms with Crippen LogP contribution < -0.4 is 0 Å². The maximum absolute atomic E-state index is 11.7. The Morgan fingerprint density at radius 3 is 2.42 bits per heavy atom. The molecule has 0 saturated carbocycles. The number of rotatable bonds is 0. The van der Waals surface area contributed by atoms with Crippen molar-refractivity contribution in [3.8, 4) is 0 Å². The fourth-order valence-corrected chi connectivity index (χ4v) is 1.16. The van der Waals surface area contributed by atoms with Gasteiger partial charge in [0, 0.05) is 5.41 Å². The van der Waals surface area contributed by atoms with Crippen LogP contribution in [0.5, 0.6) is 0 Å². The topological polar surface area (TPSA) is 29.5 Å². The average Bonchev–Trinajstić information content (AvgIpc) is 2.31. The van der Waals surface area contributed by atoms with Crippen LogP contribution in [0.15, 0.2) is 0 Å². The van der Waals surface area contributed by atoms with Crippen LogP contribution in [0.4, 0.5) is 0 Å². The third kappa shape index (κ3) is 1.78. The molecule has 0 N–H and O–H groups in total. The first-order chi connectivity index (χ1) is 5.43. The van der Waals surface area contributed by atoms with Crippen molar-refractivity contribution in [1.29, 1.82) is 0 Å². The molecule has 70 valence electrons. The molecule has 1 aliphatic heterocycles. The van der Waals surface area contributed by atoms with Gasteiger partial charge in [-0.05, 0) is 13.3 Å². The zero-order valence-corrected chi connectivity index (χ0v) is 8.26. The Morgan fingerprint density at radius 2 is 2.08 bits per heavy atom. The Balaban J connectivity index is 2.64. The lowest BCUT2D eigenvalue weighted by Crippen LogP contribution is -2.40. The molecule has 0 aromatic rings. The maximum Gasteiger partial charge on any atom is 0.251 e. The summed E-state index contributed by atoms with van der Waals surface area (Å²) in [5.74, 6) is 0.0764. The summed E-state index contributed by atoms with van der Waals surface area (Å²) in [6.45, 7) is 8.40. The minimum Gasteiger partial charge on any atom is -0.272 e. The second kappa shape index (κ2) is 3.05. The number of hydrogen-bond acceptors (Lipinski definition) is 2. The van der Waals surface area contributed by atoms with Gasteiger partial charge < -0.3 is 0 Å². The smallest absolute Gasteiger partial charge is 0.251 e. The molecule has 0 aliphatic carbocycles. The number of nitrogens with zero attached hydrogens (tertiary/aromatic N) is 1. The van der Waals surface area contributed by atoms with E-state index in [1.54, 1.807) is 0 Å². The fourth-order valence-electron chi connectivity index (χ4n) is 1.16. The van der Waals surface area contributed by atoms with Crippen LogP contribution in [0.25, 0.3) is 0 Å². The van der Waals surface area contributed by atoms with Gasteiger partial charge in [-0.3, -0.25) is 9.63 Å². The molecule has 1 aliphatic rings. The first kappa shape index (κ1) is 9.52. The highest BCUT2D eigenvalue weighted by molar-refractivity contribution is 5.80. The van der Waals surface area contributed by atoms with Crippen molar-refractivity contribution in [1.82, 2.24) is 5.06 Å². The highest BCUT2D eigenvalue weighted by Gasteiger charge is 2.34. The van der Waals surface area contributed by atoms with E-state index in [2.05, 4.69) is 0 Å². The number of amides is 1. The maximum atomic E-state index is 11.7. The molecular formula is C9H17NO2. The van der Waals surface area contributed by atoms with E-state index in [0.717, 1.165) is 6.42 Å². The predicted octanol–water partition coefficient (Wildman–Crippen LogP) is 1.58. The summed E-state index contributed by atoms with van der Waals surface area (Å²) in [7, 11) is 0. The monoisotopic (exact) mass is 171 g/mol. The second-order valence-electron chi connectivity index (χ2n) is 4.35. The van der Waals surface area contributed by atoms with E-state index in [1.807, 2.05) is 27.7 Å². The molecule has 1 heterocycles. The number of hydrogen-bond donors (Lipinski definition) is 0. The molecule has 12 heavy (non-hydrogen) atoms. The number of carbonyl (C=O) groups is 1. The second-order valence-corrected chi connectivity index (χ2v) is 4.35. The summed E-state index contributed by atoms with van der Waals surface area (Å²) < 4.78 is 0. The highest BCUT2D eigenvalue weighted by Crippen LogP contribution is 2.23. The molecule has 0 bridgehead atoms. The van der Waals surface area contributed by atoms with Gasteiger partial charge in [0.15, 0.2) is 0 Å². The fraction of sp³-hybridized carbons (Fsp3) is 0.889. The van der Waals surface area contributed by atoms with Crippen LogP contribution in [0, 0.1) is 5.41 Å². The van der Waals surface area contributed by atoms with E-state index in [0.29, 0.717) is 6.61 Å². The molecule has 1 atom stereocenters. The van der Waals surface area contributed by atoms with E-state index in [9.17, 15) is 4.79 Å². The van der Waals surface area contributed by atoms with Gasteiger partial charge in [0.05, 0.1) is 12.6 Å². The van der Waals surface area contributed by atoms with Gasteiger partial charge in [-0.2, -0.15) is 0 Å². The average molecular weight is 171 g/mol. The van der Waals surface area contributed by atoms with Crippen molar-refractivity contribution in [3.63, 3.8) is 0 Å². The molecule has 0 aromatic carbocycles. The van der Waals surface area contributed by atoms with Gasteiger partial charge in [0.2, 0.25) is 0 Å². The lowest BCUT2D eigenvalue weighted by Gasteiger charge is -2.26. The minimum absolute atomic E-state index is 0.0764. The normalized spacial score (nSPS) is 24.7. The Kier molecular flexibility index (Phi) is 2.42. The van der Waals surface area contributed by atoms with Crippen molar-refractivity contribution < 1.29 is 9.63 Å². The predicted molar refractivity (Wildman–Crippen MR) is 46.3 cm³/mol. The molecule has 3 nitrogen and oxygen atoms in total. The van der Waals surface area contributed by atoms with Gasteiger partial charge in [0.25, 0.3) is 5.91 Å². The van der Waals surface area contributed by atoms with E-state index >= 15 is 0 Å². The Hall–Kier alpha value is -0.570. The lowest BCUT2D eigenvalue weighted by molar-refractivity contribution is -0.184. The molecule has 0 aromatic heterocycles. The molecule has 1 saturated heterocycles. The molecule has 1 amide bonds. The number of carbonyl (C=O) groups excluding carboxylic acids is 1. The van der Waals surface area contributed by atoms with Gasteiger partial charge in [-0.25, -0.2) is 5.06 Å². The standard InChI is InChI=1S/C9H17NO2/c1-7-5-6-12-10(7)8(11)9(2,3)4/h7H,5-6H2,1-4H3/t7-/m0/s1. The molecular weight excluding hydrogens is 154 g/mol. The minimum atomic E-state index is -0.335. The Morgan fingerprint density at radius 1 is 1.50 bits per heavy atom. The molecule has 3 heteroatoms. The van der Waals surface area contributed by atoms with E-state index in [1.165, 1.54) is 5.06 Å². The number of hydroxylamine groups is 2. The van der Waals surface area contributed by atoms with Crippen LogP contribution in [-0.4, -0.2) is 23.6 Å². The van der Waals surface area contributed by atoms with E-state index < -0.39 is 0 Å². The quantitative estimate of drug-likeness (QED) is 0.554. The third-order valence-corrected chi connectivity index (χ3v) is 2.01. The van der Waals surface area contributed by atoms with Crippen LogP contribution in [0.3, 0.4) is 0 Å². The molecule has 1 rings (SSSR count). The summed E-state index contributed by atoms with van der Waals surface area (Å²) in [4.78, 5) is 16.9. The van der Waals surface area contributed by atoms with Crippen LogP contribution >= 0.6 is 0 Å². The van der Waals surface area contributed by atoms with Gasteiger partial charge >= 0.3 is 0 Å². The molecule has 0 radical (unpaired) electrons. The van der Waals surface area contributed by atoms with Crippen LogP contribution in [0.1, 0.15) is 34.1 Å². The van der Waals surface area contributed by atoms with Crippen molar-refractivity contribution in [2.75, 3.05) is 6.61 Å². The highest BCUT2D eigenvalue weighted by atomic mass is 16.7. The van der Waals surface area contributed by atoms with Gasteiger partial charge in [-0.15, -0.1) is 0 Å². The van der Waals surface area contributed by atoms with Crippen molar-refractivity contribution >= 4 is 5.91 Å². The molecule has 1 fully saturated rings. The third-order valence-electron chi connectivity index (χ3n) is 2.01. The SMILES string of the molecule is C[C@H]1CCON1C(=O)C(C)(C)C. The summed E-state index contributed by atoms with van der Waals surface area (Å²) in [6, 6.07) is 0.233.